The number of nitrogens with one attached hydrogen (secondary N) is 1. The van der Waals surface area contributed by atoms with E-state index < -0.39 is 0 Å². The van der Waals surface area contributed by atoms with Crippen molar-refractivity contribution in [2.75, 3.05) is 7.05 Å². The molecular formula is C20H18N4O2. The number of H-pyrrole nitrogens is 1. The number of phenols is 1. The molecule has 0 saturated heterocycles. The van der Waals surface area contributed by atoms with Crippen LogP contribution in [-0.4, -0.2) is 32.0 Å². The van der Waals surface area contributed by atoms with Gasteiger partial charge < -0.3 is 10.1 Å². The van der Waals surface area contributed by atoms with Crippen LogP contribution >= 0.6 is 0 Å². The number of benzene rings is 2. The number of aromatic hydroxyl groups is 1. The van der Waals surface area contributed by atoms with Gasteiger partial charge in [-0.3, -0.25) is 14.7 Å². The van der Waals surface area contributed by atoms with Gasteiger partial charge in [0, 0.05) is 18.1 Å². The highest BCUT2D eigenvalue weighted by Gasteiger charge is 2.10. The molecule has 2 heterocycles. The van der Waals surface area contributed by atoms with E-state index in [1.54, 1.807) is 18.3 Å². The highest BCUT2D eigenvalue weighted by molar-refractivity contribution is 5.87. The summed E-state index contributed by atoms with van der Waals surface area (Å²) in [6.07, 6.45) is 1.67. The minimum atomic E-state index is -0.127. The van der Waals surface area contributed by atoms with Crippen molar-refractivity contribution in [1.82, 2.24) is 19.9 Å². The zero-order chi connectivity index (χ0) is 18.1. The Hall–Kier alpha value is -3.25. The first-order valence-electron chi connectivity index (χ1n) is 8.34. The maximum atomic E-state index is 12.2. The molecule has 0 spiro atoms. The van der Waals surface area contributed by atoms with Gasteiger partial charge in [-0.25, -0.2) is 4.98 Å². The summed E-state index contributed by atoms with van der Waals surface area (Å²) in [5.41, 5.74) is 2.21. The lowest BCUT2D eigenvalue weighted by Gasteiger charge is -2.17. The average Bonchev–Trinajstić information content (AvgIpc) is 2.64. The smallest absolute Gasteiger partial charge is 0.258 e. The summed E-state index contributed by atoms with van der Waals surface area (Å²) in [6.45, 7) is 1.14. The largest absolute Gasteiger partial charge is 0.506 e. The summed E-state index contributed by atoms with van der Waals surface area (Å²) >= 11 is 0. The van der Waals surface area contributed by atoms with Gasteiger partial charge in [0.25, 0.3) is 5.56 Å². The Kier molecular flexibility index (Phi) is 4.10. The lowest BCUT2D eigenvalue weighted by Crippen LogP contribution is -2.22. The Morgan fingerprint density at radius 2 is 1.85 bits per heavy atom. The highest BCUT2D eigenvalue weighted by Crippen LogP contribution is 2.26. The van der Waals surface area contributed by atoms with Crippen LogP contribution in [0.4, 0.5) is 0 Å². The molecular weight excluding hydrogens is 328 g/mol. The van der Waals surface area contributed by atoms with E-state index in [0.717, 1.165) is 10.9 Å². The first kappa shape index (κ1) is 16.2. The predicted octanol–water partition coefficient (Wildman–Crippen LogP) is 2.81. The number of aromatic nitrogens is 3. The standard InChI is InChI=1S/C20H18N4O2/c1-24(11-13-8-9-17(25)19-14(13)6-4-10-21-19)12-18-22-16-7-3-2-5-15(16)20(26)23-18/h2-10,25H,11-12H2,1H3,(H,22,23,26). The normalized spacial score (nSPS) is 11.5. The fourth-order valence-electron chi connectivity index (χ4n) is 3.17. The van der Waals surface area contributed by atoms with Crippen molar-refractivity contribution in [3.05, 3.63) is 76.5 Å². The third kappa shape index (κ3) is 3.02. The van der Waals surface area contributed by atoms with Crippen molar-refractivity contribution in [3.63, 3.8) is 0 Å². The molecule has 0 amide bonds. The van der Waals surface area contributed by atoms with Gasteiger partial charge >= 0.3 is 0 Å². The first-order chi connectivity index (χ1) is 12.6. The molecule has 2 aromatic heterocycles. The van der Waals surface area contributed by atoms with Gasteiger partial charge in [0.1, 0.15) is 17.1 Å². The van der Waals surface area contributed by atoms with Crippen molar-refractivity contribution >= 4 is 21.8 Å². The molecule has 0 bridgehead atoms. The molecule has 0 fully saturated rings. The third-order valence-electron chi connectivity index (χ3n) is 4.36. The molecule has 2 N–H and O–H groups in total. The molecule has 0 aliphatic heterocycles. The van der Waals surface area contributed by atoms with Crippen LogP contribution in [0.15, 0.2) is 59.5 Å². The average molecular weight is 346 g/mol. The number of pyridine rings is 1. The number of phenolic OH excluding ortho intramolecular Hbond substituents is 1. The topological polar surface area (TPSA) is 82.1 Å². The molecule has 0 saturated carbocycles. The Morgan fingerprint density at radius 1 is 1.04 bits per heavy atom. The van der Waals surface area contributed by atoms with Crippen LogP contribution < -0.4 is 5.56 Å². The molecule has 4 rings (SSSR count). The van der Waals surface area contributed by atoms with Gasteiger partial charge in [-0.2, -0.15) is 0 Å². The van der Waals surface area contributed by atoms with Crippen molar-refractivity contribution < 1.29 is 5.11 Å². The maximum Gasteiger partial charge on any atom is 0.258 e. The monoisotopic (exact) mass is 346 g/mol. The van der Waals surface area contributed by atoms with E-state index in [2.05, 4.69) is 19.9 Å². The van der Waals surface area contributed by atoms with E-state index in [4.69, 9.17) is 0 Å². The highest BCUT2D eigenvalue weighted by atomic mass is 16.3. The Balaban J connectivity index is 1.61. The quantitative estimate of drug-likeness (QED) is 0.594. The molecule has 0 atom stereocenters. The maximum absolute atomic E-state index is 12.2. The molecule has 2 aromatic carbocycles. The number of hydrogen-bond acceptors (Lipinski definition) is 5. The predicted molar refractivity (Wildman–Crippen MR) is 101 cm³/mol. The Morgan fingerprint density at radius 3 is 2.73 bits per heavy atom. The van der Waals surface area contributed by atoms with Crippen molar-refractivity contribution in [2.24, 2.45) is 0 Å². The molecule has 6 heteroatoms. The molecule has 130 valence electrons. The van der Waals surface area contributed by atoms with E-state index in [-0.39, 0.29) is 11.3 Å². The first-order valence-corrected chi connectivity index (χ1v) is 8.34. The van der Waals surface area contributed by atoms with Crippen molar-refractivity contribution in [1.29, 1.82) is 0 Å². The second-order valence-electron chi connectivity index (χ2n) is 6.35. The fraction of sp³-hybridized carbons (Fsp3) is 0.150. The molecule has 0 radical (unpaired) electrons. The number of rotatable bonds is 4. The van der Waals surface area contributed by atoms with Gasteiger partial charge in [-0.05, 0) is 36.9 Å². The van der Waals surface area contributed by atoms with Gasteiger partial charge in [0.15, 0.2) is 0 Å². The zero-order valence-electron chi connectivity index (χ0n) is 14.3. The van der Waals surface area contributed by atoms with Crippen LogP contribution in [0.3, 0.4) is 0 Å². The number of hydrogen-bond donors (Lipinski definition) is 2. The summed E-state index contributed by atoms with van der Waals surface area (Å²) in [5.74, 6) is 0.796. The van der Waals surface area contributed by atoms with E-state index in [9.17, 15) is 9.90 Å². The molecule has 6 nitrogen and oxygen atoms in total. The van der Waals surface area contributed by atoms with E-state index in [0.29, 0.717) is 35.3 Å². The molecule has 0 unspecified atom stereocenters. The summed E-state index contributed by atoms with van der Waals surface area (Å²) in [7, 11) is 1.96. The fourth-order valence-corrected chi connectivity index (χ4v) is 3.17. The molecule has 0 aliphatic rings. The zero-order valence-corrected chi connectivity index (χ0v) is 14.3. The number of aromatic amines is 1. The van der Waals surface area contributed by atoms with Crippen LogP contribution in [0.25, 0.3) is 21.8 Å². The van der Waals surface area contributed by atoms with E-state index in [1.165, 1.54) is 0 Å². The number of nitrogens with zero attached hydrogens (tertiary/aromatic N) is 3. The van der Waals surface area contributed by atoms with Gasteiger partial charge in [-0.15, -0.1) is 0 Å². The molecule has 4 aromatic rings. The van der Waals surface area contributed by atoms with Crippen LogP contribution in [0.1, 0.15) is 11.4 Å². The van der Waals surface area contributed by atoms with Crippen LogP contribution in [-0.2, 0) is 13.1 Å². The van der Waals surface area contributed by atoms with Gasteiger partial charge in [0.05, 0.1) is 17.4 Å². The van der Waals surface area contributed by atoms with Crippen LogP contribution in [0, 0.1) is 0 Å². The Labute approximate surface area is 149 Å². The second-order valence-corrected chi connectivity index (χ2v) is 6.35. The summed E-state index contributed by atoms with van der Waals surface area (Å²) in [5, 5.41) is 11.5. The summed E-state index contributed by atoms with van der Waals surface area (Å²) in [6, 6.07) is 14.7. The van der Waals surface area contributed by atoms with E-state index >= 15 is 0 Å². The van der Waals surface area contributed by atoms with Gasteiger partial charge in [-0.1, -0.05) is 24.3 Å². The lowest BCUT2D eigenvalue weighted by molar-refractivity contribution is 0.312. The second kappa shape index (κ2) is 6.57. The number of fused-ring (bicyclic) bond motifs is 2. The lowest BCUT2D eigenvalue weighted by atomic mass is 10.1. The van der Waals surface area contributed by atoms with Gasteiger partial charge in [0.2, 0.25) is 0 Å². The minimum absolute atomic E-state index is 0.127. The van der Waals surface area contributed by atoms with Crippen molar-refractivity contribution in [2.45, 2.75) is 13.1 Å². The summed E-state index contributed by atoms with van der Waals surface area (Å²) in [4.78, 5) is 25.9. The van der Waals surface area contributed by atoms with Crippen LogP contribution in [0.2, 0.25) is 0 Å². The summed E-state index contributed by atoms with van der Waals surface area (Å²) < 4.78 is 0. The Bertz CT molecular complexity index is 1150. The molecule has 0 aliphatic carbocycles. The minimum Gasteiger partial charge on any atom is -0.506 e. The van der Waals surface area contributed by atoms with Crippen LogP contribution in [0.5, 0.6) is 5.75 Å². The SMILES string of the molecule is CN(Cc1nc2ccccc2c(=O)[nH]1)Cc1ccc(O)c2ncccc12. The third-order valence-corrected chi connectivity index (χ3v) is 4.36. The number of para-hydroxylation sites is 1. The van der Waals surface area contributed by atoms with Crippen molar-refractivity contribution in [3.8, 4) is 5.75 Å². The van der Waals surface area contributed by atoms with E-state index in [1.807, 2.05) is 43.4 Å². The molecule has 26 heavy (non-hydrogen) atoms.